The molecule has 2 aromatic rings. The third-order valence-corrected chi connectivity index (χ3v) is 3.88. The lowest BCUT2D eigenvalue weighted by molar-refractivity contribution is 0.104. The van der Waals surface area contributed by atoms with Crippen LogP contribution in [0.5, 0.6) is 5.75 Å². The van der Waals surface area contributed by atoms with Gasteiger partial charge in [-0.2, -0.15) is 0 Å². The highest BCUT2D eigenvalue weighted by molar-refractivity contribution is 9.10. The molecule has 0 aliphatic heterocycles. The van der Waals surface area contributed by atoms with Crippen LogP contribution in [0.2, 0.25) is 0 Å². The van der Waals surface area contributed by atoms with E-state index in [-0.39, 0.29) is 5.56 Å². The van der Waals surface area contributed by atoms with E-state index in [4.69, 9.17) is 0 Å². The Balaban J connectivity index is 2.37. The van der Waals surface area contributed by atoms with E-state index in [0.29, 0.717) is 4.47 Å². The maximum atomic E-state index is 12.2. The number of aromatic hydroxyl groups is 1. The Hall–Kier alpha value is -2.20. The molecule has 22 heavy (non-hydrogen) atoms. The fourth-order valence-electron chi connectivity index (χ4n) is 1.94. The molecule has 0 aliphatic rings. The molecule has 112 valence electrons. The summed E-state index contributed by atoms with van der Waals surface area (Å²) in [5.41, 5.74) is 2.58. The number of rotatable bonds is 3. The molecule has 3 nitrogen and oxygen atoms in total. The van der Waals surface area contributed by atoms with Crippen LogP contribution in [0.15, 0.2) is 51.7 Å². The summed E-state index contributed by atoms with van der Waals surface area (Å²) in [5.74, 6) is -0.967. The number of ketones is 1. The van der Waals surface area contributed by atoms with Crippen LogP contribution < -0.4 is 5.43 Å². The zero-order valence-corrected chi connectivity index (χ0v) is 13.8. The highest BCUT2D eigenvalue weighted by Gasteiger charge is 2.10. The first-order valence-electron chi connectivity index (χ1n) is 6.71. The van der Waals surface area contributed by atoms with E-state index >= 15 is 0 Å². The van der Waals surface area contributed by atoms with Crippen LogP contribution in [0.3, 0.4) is 0 Å². The lowest BCUT2D eigenvalue weighted by atomic mass is 10.0. The summed E-state index contributed by atoms with van der Waals surface area (Å²) in [4.78, 5) is 23.8. The first-order valence-corrected chi connectivity index (χ1v) is 7.50. The topological polar surface area (TPSA) is 54.4 Å². The van der Waals surface area contributed by atoms with E-state index in [1.54, 1.807) is 6.08 Å². The van der Waals surface area contributed by atoms with Crippen LogP contribution in [0.4, 0.5) is 0 Å². The van der Waals surface area contributed by atoms with E-state index in [1.807, 2.05) is 32.0 Å². The fourth-order valence-corrected chi connectivity index (χ4v) is 2.30. The van der Waals surface area contributed by atoms with Crippen LogP contribution in [-0.4, -0.2) is 10.9 Å². The van der Waals surface area contributed by atoms with Gasteiger partial charge in [0.2, 0.25) is 5.43 Å². The van der Waals surface area contributed by atoms with Gasteiger partial charge in [-0.05, 0) is 54.8 Å². The van der Waals surface area contributed by atoms with Gasteiger partial charge in [-0.15, -0.1) is 0 Å². The molecular weight excluding hydrogens is 344 g/mol. The molecule has 0 saturated heterocycles. The second-order valence-electron chi connectivity index (χ2n) is 5.03. The zero-order chi connectivity index (χ0) is 16.3. The molecule has 0 saturated carbocycles. The summed E-state index contributed by atoms with van der Waals surface area (Å²) >= 11 is 3.22. The van der Waals surface area contributed by atoms with Gasteiger partial charge in [-0.1, -0.05) is 40.2 Å². The molecule has 1 N–H and O–H groups in total. The van der Waals surface area contributed by atoms with E-state index in [9.17, 15) is 14.7 Å². The SMILES string of the molecule is Cc1ccc(/C=C/C(=O)c2cc(Br)ccc(=O)c2O)cc1C. The molecule has 0 radical (unpaired) electrons. The van der Waals surface area contributed by atoms with Gasteiger partial charge < -0.3 is 5.11 Å². The second kappa shape index (κ2) is 6.71. The van der Waals surface area contributed by atoms with E-state index < -0.39 is 17.0 Å². The summed E-state index contributed by atoms with van der Waals surface area (Å²) < 4.78 is 0.549. The highest BCUT2D eigenvalue weighted by atomic mass is 79.9. The molecule has 4 heteroatoms. The van der Waals surface area contributed by atoms with Crippen molar-refractivity contribution in [1.29, 1.82) is 0 Å². The van der Waals surface area contributed by atoms with Gasteiger partial charge in [-0.3, -0.25) is 9.59 Å². The molecule has 0 bridgehead atoms. The van der Waals surface area contributed by atoms with Gasteiger partial charge in [0.25, 0.3) is 0 Å². The first-order chi connectivity index (χ1) is 10.4. The standard InChI is InChI=1S/C18H15BrO3/c1-11-3-4-13(9-12(11)2)5-7-16(20)15-10-14(19)6-8-17(21)18(15)22/h3-10H,1-2H3,(H,21,22)/b7-5+. The Morgan fingerprint density at radius 1 is 1.09 bits per heavy atom. The van der Waals surface area contributed by atoms with Crippen molar-refractivity contribution in [2.24, 2.45) is 0 Å². The van der Waals surface area contributed by atoms with Gasteiger partial charge in [0, 0.05) is 4.47 Å². The Labute approximate surface area is 137 Å². The molecule has 0 heterocycles. The number of benzene rings is 1. The minimum Gasteiger partial charge on any atom is -0.504 e. The normalized spacial score (nSPS) is 10.9. The van der Waals surface area contributed by atoms with Crippen LogP contribution in [0.1, 0.15) is 27.0 Å². The summed E-state index contributed by atoms with van der Waals surface area (Å²) in [6.45, 7) is 4.02. The van der Waals surface area contributed by atoms with Crippen molar-refractivity contribution in [3.05, 3.63) is 79.4 Å². The van der Waals surface area contributed by atoms with Crippen LogP contribution in [0, 0.1) is 13.8 Å². The Bertz CT molecular complexity index is 823. The van der Waals surface area contributed by atoms with Crippen LogP contribution in [0.25, 0.3) is 6.08 Å². The summed E-state index contributed by atoms with van der Waals surface area (Å²) in [6, 6.07) is 10.00. The number of hydrogen-bond acceptors (Lipinski definition) is 3. The van der Waals surface area contributed by atoms with Gasteiger partial charge in [0.05, 0.1) is 5.56 Å². The van der Waals surface area contributed by atoms with Gasteiger partial charge in [-0.25, -0.2) is 0 Å². The van der Waals surface area contributed by atoms with Crippen molar-refractivity contribution in [3.8, 4) is 5.75 Å². The molecular formula is C18H15BrO3. The van der Waals surface area contributed by atoms with Crippen molar-refractivity contribution in [3.63, 3.8) is 0 Å². The minimum atomic E-state index is -0.589. The van der Waals surface area contributed by atoms with E-state index in [1.165, 1.54) is 29.8 Å². The summed E-state index contributed by atoms with van der Waals surface area (Å²) in [6.07, 6.45) is 3.02. The average Bonchev–Trinajstić information content (AvgIpc) is 2.61. The molecule has 0 unspecified atom stereocenters. The molecule has 0 fully saturated rings. The summed E-state index contributed by atoms with van der Waals surface area (Å²) in [7, 11) is 0. The third kappa shape index (κ3) is 3.71. The minimum absolute atomic E-state index is 0.0260. The Morgan fingerprint density at radius 3 is 2.50 bits per heavy atom. The molecule has 0 aliphatic carbocycles. The van der Waals surface area contributed by atoms with Crippen molar-refractivity contribution in [2.75, 3.05) is 0 Å². The molecule has 2 aromatic carbocycles. The molecule has 2 rings (SSSR count). The zero-order valence-electron chi connectivity index (χ0n) is 12.3. The largest absolute Gasteiger partial charge is 0.504 e. The van der Waals surface area contributed by atoms with Crippen molar-refractivity contribution >= 4 is 27.8 Å². The van der Waals surface area contributed by atoms with E-state index in [0.717, 1.165) is 11.1 Å². The number of carbonyl (C=O) groups excluding carboxylic acids is 1. The smallest absolute Gasteiger partial charge is 0.220 e. The second-order valence-corrected chi connectivity index (χ2v) is 5.95. The lowest BCUT2D eigenvalue weighted by Gasteiger charge is -2.01. The quantitative estimate of drug-likeness (QED) is 0.665. The maximum absolute atomic E-state index is 12.2. The van der Waals surface area contributed by atoms with Crippen LogP contribution >= 0.6 is 15.9 Å². The predicted octanol–water partition coefficient (Wildman–Crippen LogP) is 4.03. The number of aryl methyl sites for hydroxylation is 2. The lowest BCUT2D eigenvalue weighted by Crippen LogP contribution is -2.01. The highest BCUT2D eigenvalue weighted by Crippen LogP contribution is 2.18. The first kappa shape index (κ1) is 16.2. The molecule has 0 atom stereocenters. The Kier molecular flexibility index (Phi) is 4.93. The Morgan fingerprint density at radius 2 is 1.82 bits per heavy atom. The number of allylic oxidation sites excluding steroid dienone is 1. The fraction of sp³-hybridized carbons (Fsp3) is 0.111. The van der Waals surface area contributed by atoms with Gasteiger partial charge in [0.1, 0.15) is 0 Å². The predicted molar refractivity (Wildman–Crippen MR) is 91.4 cm³/mol. The molecule has 0 aromatic heterocycles. The number of carbonyl (C=O) groups is 1. The maximum Gasteiger partial charge on any atom is 0.220 e. The monoisotopic (exact) mass is 358 g/mol. The van der Waals surface area contributed by atoms with Crippen molar-refractivity contribution in [1.82, 2.24) is 0 Å². The average molecular weight is 359 g/mol. The van der Waals surface area contributed by atoms with Crippen molar-refractivity contribution in [2.45, 2.75) is 13.8 Å². The number of halogens is 1. The molecule has 0 amide bonds. The van der Waals surface area contributed by atoms with Crippen molar-refractivity contribution < 1.29 is 9.90 Å². The van der Waals surface area contributed by atoms with E-state index in [2.05, 4.69) is 15.9 Å². The van der Waals surface area contributed by atoms with Gasteiger partial charge in [0.15, 0.2) is 11.5 Å². The van der Waals surface area contributed by atoms with Crippen LogP contribution in [-0.2, 0) is 0 Å². The molecule has 0 spiro atoms. The number of hydrogen-bond donors (Lipinski definition) is 1. The van der Waals surface area contributed by atoms with Gasteiger partial charge >= 0.3 is 0 Å². The summed E-state index contributed by atoms with van der Waals surface area (Å²) in [5, 5.41) is 9.84. The third-order valence-electron chi connectivity index (χ3n) is 3.39.